The highest BCUT2D eigenvalue weighted by Crippen LogP contribution is 2.33. The maximum atomic E-state index is 12.5. The molecule has 0 radical (unpaired) electrons. The largest absolute Gasteiger partial charge is 0.380 e. The van der Waals surface area contributed by atoms with E-state index in [1.165, 1.54) is 25.7 Å². The molecule has 5 heteroatoms. The smallest absolute Gasteiger partial charge is 0.239 e. The van der Waals surface area contributed by atoms with Crippen LogP contribution in [-0.4, -0.2) is 49.2 Å². The van der Waals surface area contributed by atoms with Gasteiger partial charge in [0.15, 0.2) is 0 Å². The van der Waals surface area contributed by atoms with Gasteiger partial charge in [0.05, 0.1) is 12.6 Å². The SMILES string of the molecule is Cl.O=C(C1CC2CCCCC2N1)N1CCCOCC1. The van der Waals surface area contributed by atoms with E-state index in [0.29, 0.717) is 18.6 Å². The first-order chi connectivity index (χ1) is 8.84. The normalized spacial score (nSPS) is 35.2. The number of hydrogen-bond donors (Lipinski definition) is 1. The third kappa shape index (κ3) is 3.41. The van der Waals surface area contributed by atoms with Crippen molar-refractivity contribution >= 4 is 18.3 Å². The number of carbonyl (C=O) groups is 1. The molecule has 3 aliphatic rings. The predicted octanol–water partition coefficient (Wildman–Crippen LogP) is 1.58. The van der Waals surface area contributed by atoms with Crippen LogP contribution in [0.25, 0.3) is 0 Å². The first kappa shape index (κ1) is 15.1. The average molecular weight is 289 g/mol. The van der Waals surface area contributed by atoms with Gasteiger partial charge in [0.25, 0.3) is 0 Å². The van der Waals surface area contributed by atoms with Crippen molar-refractivity contribution in [3.8, 4) is 0 Å². The first-order valence-corrected chi connectivity index (χ1v) is 7.47. The van der Waals surface area contributed by atoms with Gasteiger partial charge in [-0.1, -0.05) is 12.8 Å². The first-order valence-electron chi connectivity index (χ1n) is 7.47. The van der Waals surface area contributed by atoms with Crippen molar-refractivity contribution in [2.24, 2.45) is 5.92 Å². The summed E-state index contributed by atoms with van der Waals surface area (Å²) in [5, 5.41) is 3.58. The molecule has 1 amide bonds. The van der Waals surface area contributed by atoms with Crippen LogP contribution in [0, 0.1) is 5.92 Å². The molecule has 19 heavy (non-hydrogen) atoms. The van der Waals surface area contributed by atoms with Crippen LogP contribution in [0.4, 0.5) is 0 Å². The zero-order valence-electron chi connectivity index (χ0n) is 11.5. The Hall–Kier alpha value is -0.320. The number of nitrogens with zero attached hydrogens (tertiary/aromatic N) is 1. The summed E-state index contributed by atoms with van der Waals surface area (Å²) < 4.78 is 5.42. The van der Waals surface area contributed by atoms with Crippen molar-refractivity contribution in [2.45, 2.75) is 50.6 Å². The molecule has 3 atom stereocenters. The predicted molar refractivity (Wildman–Crippen MR) is 76.6 cm³/mol. The lowest BCUT2D eigenvalue weighted by molar-refractivity contribution is -0.133. The molecular formula is C14H25ClN2O2. The summed E-state index contributed by atoms with van der Waals surface area (Å²) in [7, 11) is 0. The highest BCUT2D eigenvalue weighted by atomic mass is 35.5. The molecule has 3 unspecified atom stereocenters. The summed E-state index contributed by atoms with van der Waals surface area (Å²) in [6, 6.07) is 0.687. The molecule has 0 aromatic heterocycles. The lowest BCUT2D eigenvalue weighted by atomic mass is 9.85. The van der Waals surface area contributed by atoms with Gasteiger partial charge in [-0.15, -0.1) is 12.4 Å². The van der Waals surface area contributed by atoms with Crippen LogP contribution in [-0.2, 0) is 9.53 Å². The summed E-state index contributed by atoms with van der Waals surface area (Å²) >= 11 is 0. The Morgan fingerprint density at radius 3 is 2.79 bits per heavy atom. The standard InChI is InChI=1S/C14H24N2O2.ClH/c17-14(16-6-3-8-18-9-7-16)13-10-11-4-1-2-5-12(11)15-13;/h11-13,15H,1-10H2;1H. The molecule has 1 N–H and O–H groups in total. The second-order valence-corrected chi connectivity index (χ2v) is 5.90. The quantitative estimate of drug-likeness (QED) is 0.796. The van der Waals surface area contributed by atoms with Crippen LogP contribution < -0.4 is 5.32 Å². The summed E-state index contributed by atoms with van der Waals surface area (Å²) in [6.07, 6.45) is 7.28. The molecule has 0 aromatic carbocycles. The van der Waals surface area contributed by atoms with E-state index in [1.54, 1.807) is 0 Å². The lowest BCUT2D eigenvalue weighted by Gasteiger charge is -2.25. The second-order valence-electron chi connectivity index (χ2n) is 5.90. The third-order valence-corrected chi connectivity index (χ3v) is 4.69. The fourth-order valence-electron chi connectivity index (χ4n) is 3.70. The highest BCUT2D eigenvalue weighted by molar-refractivity contribution is 5.85. The minimum absolute atomic E-state index is 0. The molecule has 1 saturated carbocycles. The van der Waals surface area contributed by atoms with Crippen molar-refractivity contribution in [3.63, 3.8) is 0 Å². The maximum Gasteiger partial charge on any atom is 0.239 e. The molecule has 3 fully saturated rings. The van der Waals surface area contributed by atoms with Crippen LogP contribution in [0.2, 0.25) is 0 Å². The van der Waals surface area contributed by atoms with E-state index >= 15 is 0 Å². The topological polar surface area (TPSA) is 41.6 Å². The number of carbonyl (C=O) groups excluding carboxylic acids is 1. The fourth-order valence-corrected chi connectivity index (χ4v) is 3.70. The van der Waals surface area contributed by atoms with E-state index in [-0.39, 0.29) is 18.4 Å². The maximum absolute atomic E-state index is 12.5. The monoisotopic (exact) mass is 288 g/mol. The van der Waals surface area contributed by atoms with Gasteiger partial charge in [-0.3, -0.25) is 4.79 Å². The van der Waals surface area contributed by atoms with Crippen molar-refractivity contribution in [2.75, 3.05) is 26.3 Å². The van der Waals surface area contributed by atoms with Crippen molar-refractivity contribution in [1.29, 1.82) is 0 Å². The number of rotatable bonds is 1. The highest BCUT2D eigenvalue weighted by Gasteiger charge is 2.39. The van der Waals surface area contributed by atoms with Crippen molar-refractivity contribution in [3.05, 3.63) is 0 Å². The molecule has 4 nitrogen and oxygen atoms in total. The van der Waals surface area contributed by atoms with Crippen LogP contribution in [0.1, 0.15) is 38.5 Å². The van der Waals surface area contributed by atoms with Gasteiger partial charge < -0.3 is 15.0 Å². The Bertz CT molecular complexity index is 292. The third-order valence-electron chi connectivity index (χ3n) is 4.69. The zero-order valence-corrected chi connectivity index (χ0v) is 12.3. The van der Waals surface area contributed by atoms with Gasteiger partial charge in [-0.05, 0) is 31.6 Å². The van der Waals surface area contributed by atoms with E-state index in [1.807, 2.05) is 4.90 Å². The van der Waals surface area contributed by atoms with Gasteiger partial charge in [-0.2, -0.15) is 0 Å². The molecule has 2 heterocycles. The van der Waals surface area contributed by atoms with Gasteiger partial charge in [0.2, 0.25) is 5.91 Å². The lowest BCUT2D eigenvalue weighted by Crippen LogP contribution is -2.46. The van der Waals surface area contributed by atoms with Crippen LogP contribution in [0.3, 0.4) is 0 Å². The second kappa shape index (κ2) is 6.91. The van der Waals surface area contributed by atoms with E-state index in [0.717, 1.165) is 38.5 Å². The molecule has 0 spiro atoms. The minimum Gasteiger partial charge on any atom is -0.380 e. The van der Waals surface area contributed by atoms with E-state index < -0.39 is 0 Å². The summed E-state index contributed by atoms with van der Waals surface area (Å²) in [5.74, 6) is 1.06. The van der Waals surface area contributed by atoms with Crippen LogP contribution in [0.15, 0.2) is 0 Å². The molecule has 3 rings (SSSR count). The number of halogens is 1. The average Bonchev–Trinajstić information content (AvgIpc) is 2.64. The van der Waals surface area contributed by atoms with Crippen molar-refractivity contribution in [1.82, 2.24) is 10.2 Å². The molecule has 0 bridgehead atoms. The van der Waals surface area contributed by atoms with Gasteiger partial charge in [0, 0.05) is 25.7 Å². The molecule has 0 aromatic rings. The van der Waals surface area contributed by atoms with Gasteiger partial charge >= 0.3 is 0 Å². The Morgan fingerprint density at radius 1 is 1.11 bits per heavy atom. The number of amides is 1. The molecule has 1 aliphatic carbocycles. The minimum atomic E-state index is 0. The van der Waals surface area contributed by atoms with Gasteiger partial charge in [0.1, 0.15) is 0 Å². The van der Waals surface area contributed by atoms with E-state index in [9.17, 15) is 4.79 Å². The van der Waals surface area contributed by atoms with Crippen LogP contribution >= 0.6 is 12.4 Å². The number of hydrogen-bond acceptors (Lipinski definition) is 3. The summed E-state index contributed by atoms with van der Waals surface area (Å²) in [5.41, 5.74) is 0. The number of nitrogens with one attached hydrogen (secondary N) is 1. The summed E-state index contributed by atoms with van der Waals surface area (Å²) in [6.45, 7) is 3.14. The number of ether oxygens (including phenoxy) is 1. The Morgan fingerprint density at radius 2 is 1.95 bits per heavy atom. The molecular weight excluding hydrogens is 264 g/mol. The van der Waals surface area contributed by atoms with Gasteiger partial charge in [-0.25, -0.2) is 0 Å². The van der Waals surface area contributed by atoms with Crippen molar-refractivity contribution < 1.29 is 9.53 Å². The van der Waals surface area contributed by atoms with E-state index in [2.05, 4.69) is 5.32 Å². The number of fused-ring (bicyclic) bond motifs is 1. The molecule has 110 valence electrons. The van der Waals surface area contributed by atoms with E-state index in [4.69, 9.17) is 4.74 Å². The summed E-state index contributed by atoms with van der Waals surface area (Å²) in [4.78, 5) is 14.5. The zero-order chi connectivity index (χ0) is 12.4. The Kier molecular flexibility index (Phi) is 5.48. The molecule has 2 aliphatic heterocycles. The fraction of sp³-hybridized carbons (Fsp3) is 0.929. The Balaban J connectivity index is 0.00000133. The molecule has 2 saturated heterocycles. The van der Waals surface area contributed by atoms with Crippen LogP contribution in [0.5, 0.6) is 0 Å². The Labute approximate surface area is 121 Å².